The first-order valence-corrected chi connectivity index (χ1v) is 9.07. The van der Waals surface area contributed by atoms with Crippen LogP contribution in [0.2, 0.25) is 18.1 Å². The van der Waals surface area contributed by atoms with Gasteiger partial charge in [0.1, 0.15) is 8.07 Å². The van der Waals surface area contributed by atoms with Gasteiger partial charge in [-0.05, 0) is 35.8 Å². The summed E-state index contributed by atoms with van der Waals surface area (Å²) in [6.45, 7) is 10.6. The molecule has 0 aliphatic heterocycles. The molecule has 90 valence electrons. The Balaban J connectivity index is 2.92. The molecule has 0 saturated carbocycles. The van der Waals surface area contributed by atoms with Crippen LogP contribution >= 0.6 is 0 Å². The van der Waals surface area contributed by atoms with E-state index < -0.39 is 8.07 Å². The summed E-state index contributed by atoms with van der Waals surface area (Å²) in [6.07, 6.45) is 1.86. The zero-order valence-electron chi connectivity index (χ0n) is 11.2. The summed E-state index contributed by atoms with van der Waals surface area (Å²) in [7, 11) is -1.30. The molecule has 1 aromatic carbocycles. The molecule has 1 aromatic rings. The van der Waals surface area contributed by atoms with Gasteiger partial charge in [-0.15, -0.1) is 5.54 Å². The maximum atomic E-state index is 3.76. The molecule has 0 atom stereocenters. The zero-order valence-corrected chi connectivity index (χ0v) is 12.2. The minimum atomic E-state index is -1.30. The molecule has 0 saturated heterocycles. The van der Waals surface area contributed by atoms with Gasteiger partial charge in [0.15, 0.2) is 0 Å². The highest BCUT2D eigenvalue weighted by Crippen LogP contribution is 2.19. The first kappa shape index (κ1) is 13.8. The van der Waals surface area contributed by atoms with Gasteiger partial charge in [0.25, 0.3) is 0 Å². The highest BCUT2D eigenvalue weighted by atomic mass is 28.3. The summed E-state index contributed by atoms with van der Waals surface area (Å²) < 4.78 is 0. The highest BCUT2D eigenvalue weighted by molar-refractivity contribution is 6.87. The van der Waals surface area contributed by atoms with Gasteiger partial charge < -0.3 is 0 Å². The van der Waals surface area contributed by atoms with E-state index in [9.17, 15) is 0 Å². The quantitative estimate of drug-likeness (QED) is 0.529. The zero-order chi connectivity index (χ0) is 12.7. The second-order valence-electron chi connectivity index (χ2n) is 4.42. The normalized spacial score (nSPS) is 10.5. The van der Waals surface area contributed by atoms with Gasteiger partial charge in [-0.3, -0.25) is 0 Å². The maximum Gasteiger partial charge on any atom is 0.138 e. The third-order valence-electron chi connectivity index (χ3n) is 3.65. The van der Waals surface area contributed by atoms with E-state index in [1.807, 2.05) is 6.08 Å². The van der Waals surface area contributed by atoms with Gasteiger partial charge in [-0.1, -0.05) is 51.5 Å². The Morgan fingerprint density at radius 2 is 1.59 bits per heavy atom. The van der Waals surface area contributed by atoms with E-state index in [1.165, 1.54) is 18.1 Å². The van der Waals surface area contributed by atoms with E-state index in [0.717, 1.165) is 11.1 Å². The molecule has 0 nitrogen and oxygen atoms in total. The summed E-state index contributed by atoms with van der Waals surface area (Å²) in [5.41, 5.74) is 5.88. The molecule has 0 radical (unpaired) electrons. The van der Waals surface area contributed by atoms with Gasteiger partial charge in [0.05, 0.1) is 0 Å². The van der Waals surface area contributed by atoms with Crippen LogP contribution in [0.5, 0.6) is 0 Å². The molecule has 1 heteroatoms. The lowest BCUT2D eigenvalue weighted by Gasteiger charge is -2.19. The van der Waals surface area contributed by atoms with Crippen LogP contribution in [0.4, 0.5) is 0 Å². The average molecular weight is 242 g/mol. The van der Waals surface area contributed by atoms with E-state index in [2.05, 4.69) is 63.1 Å². The number of benzene rings is 1. The molecule has 0 aliphatic rings. The predicted octanol–water partition coefficient (Wildman–Crippen LogP) is 4.73. The summed E-state index contributed by atoms with van der Waals surface area (Å²) in [5, 5.41) is 0. The number of hydrogen-bond acceptors (Lipinski definition) is 0. The Kier molecular flexibility index (Phi) is 5.25. The van der Waals surface area contributed by atoms with Gasteiger partial charge in [0, 0.05) is 5.56 Å². The van der Waals surface area contributed by atoms with Crippen LogP contribution in [0.3, 0.4) is 0 Å². The van der Waals surface area contributed by atoms with E-state index >= 15 is 0 Å². The van der Waals surface area contributed by atoms with Crippen LogP contribution in [0.1, 0.15) is 31.9 Å². The highest BCUT2D eigenvalue weighted by Gasteiger charge is 2.23. The standard InChI is InChI=1S/C16H22Si/c1-5-15-9-11-16(12-10-15)13-14-17(6-2,7-3)8-4/h5,9-12H,1,6-8H2,2-4H3. The molecule has 0 fully saturated rings. The van der Waals surface area contributed by atoms with Crippen molar-refractivity contribution in [3.05, 3.63) is 42.0 Å². The molecule has 1 rings (SSSR count). The van der Waals surface area contributed by atoms with Gasteiger partial charge >= 0.3 is 0 Å². The SMILES string of the molecule is C=Cc1ccc(C#C[Si](CC)(CC)CC)cc1. The minimum Gasteiger partial charge on any atom is -0.126 e. The van der Waals surface area contributed by atoms with Crippen molar-refractivity contribution in [2.45, 2.75) is 38.9 Å². The van der Waals surface area contributed by atoms with Gasteiger partial charge in [-0.2, -0.15) is 0 Å². The van der Waals surface area contributed by atoms with Gasteiger partial charge in [0.2, 0.25) is 0 Å². The van der Waals surface area contributed by atoms with Crippen molar-refractivity contribution >= 4 is 14.1 Å². The van der Waals surface area contributed by atoms with Crippen molar-refractivity contribution in [2.24, 2.45) is 0 Å². The molecule has 0 aromatic heterocycles. The van der Waals surface area contributed by atoms with Crippen LogP contribution in [-0.2, 0) is 0 Å². The smallest absolute Gasteiger partial charge is 0.126 e. The maximum absolute atomic E-state index is 3.76. The second kappa shape index (κ2) is 6.47. The van der Waals surface area contributed by atoms with Crippen molar-refractivity contribution in [1.29, 1.82) is 0 Å². The van der Waals surface area contributed by atoms with Crippen molar-refractivity contribution in [3.63, 3.8) is 0 Å². The Morgan fingerprint density at radius 1 is 1.06 bits per heavy atom. The first-order chi connectivity index (χ1) is 8.19. The Bertz CT molecular complexity index is 405. The Labute approximate surface area is 107 Å². The lowest BCUT2D eigenvalue weighted by Crippen LogP contribution is -2.29. The third-order valence-corrected chi connectivity index (χ3v) is 8.36. The largest absolute Gasteiger partial charge is 0.138 e. The first-order valence-electron chi connectivity index (χ1n) is 6.45. The van der Waals surface area contributed by atoms with Crippen LogP contribution in [0.15, 0.2) is 30.8 Å². The summed E-state index contributed by atoms with van der Waals surface area (Å²) in [5.74, 6) is 3.37. The fourth-order valence-corrected chi connectivity index (χ4v) is 4.36. The molecule has 0 bridgehead atoms. The molecule has 0 aliphatic carbocycles. The van der Waals surface area contributed by atoms with E-state index in [1.54, 1.807) is 0 Å². The number of hydrogen-bond donors (Lipinski definition) is 0. The lowest BCUT2D eigenvalue weighted by molar-refractivity contribution is 1.20. The van der Waals surface area contributed by atoms with E-state index in [-0.39, 0.29) is 0 Å². The van der Waals surface area contributed by atoms with Crippen LogP contribution in [0, 0.1) is 11.5 Å². The topological polar surface area (TPSA) is 0 Å². The van der Waals surface area contributed by atoms with E-state index in [4.69, 9.17) is 0 Å². The fourth-order valence-electron chi connectivity index (χ4n) is 1.92. The molecule has 0 N–H and O–H groups in total. The van der Waals surface area contributed by atoms with Crippen molar-refractivity contribution < 1.29 is 0 Å². The molecular formula is C16H22Si. The summed E-state index contributed by atoms with van der Waals surface area (Å²) in [4.78, 5) is 0. The number of rotatable bonds is 4. The summed E-state index contributed by atoms with van der Waals surface area (Å²) >= 11 is 0. The molecule has 17 heavy (non-hydrogen) atoms. The van der Waals surface area contributed by atoms with Crippen molar-refractivity contribution in [3.8, 4) is 11.5 Å². The minimum absolute atomic E-state index is 1.13. The summed E-state index contributed by atoms with van der Waals surface area (Å²) in [6, 6.07) is 12.1. The Hall–Kier alpha value is -1.26. The molecule has 0 amide bonds. The van der Waals surface area contributed by atoms with Crippen molar-refractivity contribution in [1.82, 2.24) is 0 Å². The molecule has 0 spiro atoms. The van der Waals surface area contributed by atoms with Crippen LogP contribution in [0.25, 0.3) is 6.08 Å². The average Bonchev–Trinajstić information content (AvgIpc) is 2.41. The molecule has 0 heterocycles. The predicted molar refractivity (Wildman–Crippen MR) is 80.6 cm³/mol. The van der Waals surface area contributed by atoms with Crippen molar-refractivity contribution in [2.75, 3.05) is 0 Å². The molecule has 0 unspecified atom stereocenters. The fraction of sp³-hybridized carbons (Fsp3) is 0.375. The van der Waals surface area contributed by atoms with E-state index in [0.29, 0.717) is 0 Å². The van der Waals surface area contributed by atoms with Crippen LogP contribution < -0.4 is 0 Å². The third kappa shape index (κ3) is 3.61. The molecular weight excluding hydrogens is 220 g/mol. The lowest BCUT2D eigenvalue weighted by atomic mass is 10.1. The second-order valence-corrected chi connectivity index (χ2v) is 9.35. The monoisotopic (exact) mass is 242 g/mol. The Morgan fingerprint density at radius 3 is 2.00 bits per heavy atom. The van der Waals surface area contributed by atoms with Gasteiger partial charge in [-0.25, -0.2) is 0 Å². The van der Waals surface area contributed by atoms with Crippen LogP contribution in [-0.4, -0.2) is 8.07 Å².